The summed E-state index contributed by atoms with van der Waals surface area (Å²) < 4.78 is 36.7. The highest BCUT2D eigenvalue weighted by Crippen LogP contribution is 2.28. The van der Waals surface area contributed by atoms with Crippen LogP contribution in [0.4, 0.5) is 13.2 Å². The second-order valence-electron chi connectivity index (χ2n) is 3.52. The number of nitrogens with zero attached hydrogens (tertiary/aromatic N) is 5. The van der Waals surface area contributed by atoms with Gasteiger partial charge in [-0.25, -0.2) is 9.97 Å². The minimum Gasteiger partial charge on any atom is -0.314 e. The summed E-state index contributed by atoms with van der Waals surface area (Å²) in [5, 5.41) is 10.2. The number of hydrogen-bond donors (Lipinski definition) is 0. The van der Waals surface area contributed by atoms with Crippen molar-refractivity contribution < 1.29 is 22.8 Å². The Hall–Kier alpha value is -2.39. The van der Waals surface area contributed by atoms with Gasteiger partial charge in [0.1, 0.15) is 6.04 Å². The number of azo groups is 1. The third-order valence-corrected chi connectivity index (χ3v) is 2.12. The molecule has 1 aliphatic heterocycles. The van der Waals surface area contributed by atoms with Gasteiger partial charge in [0.2, 0.25) is 0 Å². The first kappa shape index (κ1) is 13.1. The van der Waals surface area contributed by atoms with Crippen LogP contribution in [0.5, 0.6) is 6.01 Å². The predicted octanol–water partition coefficient (Wildman–Crippen LogP) is 1.61. The maximum absolute atomic E-state index is 12.2. The lowest BCUT2D eigenvalue weighted by Crippen LogP contribution is -2.18. The Morgan fingerprint density at radius 1 is 1.32 bits per heavy atom. The van der Waals surface area contributed by atoms with Crippen molar-refractivity contribution in [2.75, 3.05) is 0 Å². The molecule has 0 saturated carbocycles. The number of halogens is 3. The summed E-state index contributed by atoms with van der Waals surface area (Å²) >= 11 is 0. The first-order chi connectivity index (χ1) is 8.88. The molecule has 0 N–H and O–H groups in total. The number of hydrogen-bond acceptors (Lipinski definition) is 6. The van der Waals surface area contributed by atoms with Crippen LogP contribution in [-0.2, 0) is 11.0 Å². The van der Waals surface area contributed by atoms with E-state index in [1.54, 1.807) is 6.92 Å². The maximum atomic E-state index is 12.2. The first-order valence-electron chi connectivity index (χ1n) is 4.97. The molecule has 1 amide bonds. The Kier molecular flexibility index (Phi) is 3.23. The topological polar surface area (TPSA) is 89.2 Å². The highest BCUT2D eigenvalue weighted by molar-refractivity contribution is 6.42. The lowest BCUT2D eigenvalue weighted by atomic mass is 10.2. The SMILES string of the molecule is CC1N=NC(=O)C1=NOc1ncc(C(F)(F)F)cn1. The number of oxime groups is 1. The van der Waals surface area contributed by atoms with Crippen molar-refractivity contribution in [2.45, 2.75) is 19.1 Å². The Morgan fingerprint density at radius 2 is 1.95 bits per heavy atom. The van der Waals surface area contributed by atoms with E-state index in [2.05, 4.69) is 30.2 Å². The molecule has 19 heavy (non-hydrogen) atoms. The van der Waals surface area contributed by atoms with Gasteiger partial charge >= 0.3 is 18.1 Å². The van der Waals surface area contributed by atoms with E-state index in [1.807, 2.05) is 0 Å². The number of carbonyl (C=O) groups is 1. The molecule has 0 bridgehead atoms. The molecular formula is C9H6F3N5O2. The lowest BCUT2D eigenvalue weighted by molar-refractivity contribution is -0.138. The molecule has 1 aromatic heterocycles. The standard InChI is InChI=1S/C9H6F3N5O2/c1-4-6(7(18)16-15-4)17-19-8-13-2-5(3-14-8)9(10,11)12/h2-4H,1H3. The zero-order valence-corrected chi connectivity index (χ0v) is 9.42. The van der Waals surface area contributed by atoms with Crippen LogP contribution in [0.15, 0.2) is 27.8 Å². The highest BCUT2D eigenvalue weighted by atomic mass is 19.4. The van der Waals surface area contributed by atoms with E-state index in [1.165, 1.54) is 0 Å². The molecule has 0 aromatic carbocycles. The van der Waals surface area contributed by atoms with Crippen molar-refractivity contribution in [2.24, 2.45) is 15.4 Å². The average Bonchev–Trinajstić information content (AvgIpc) is 2.66. The van der Waals surface area contributed by atoms with E-state index in [9.17, 15) is 18.0 Å². The summed E-state index contributed by atoms with van der Waals surface area (Å²) in [7, 11) is 0. The molecule has 0 saturated heterocycles. The van der Waals surface area contributed by atoms with Gasteiger partial charge < -0.3 is 4.84 Å². The van der Waals surface area contributed by atoms with Crippen LogP contribution < -0.4 is 4.84 Å². The number of carbonyl (C=O) groups excluding carboxylic acids is 1. The number of aromatic nitrogens is 2. The van der Waals surface area contributed by atoms with Crippen LogP contribution in [0.3, 0.4) is 0 Å². The fourth-order valence-electron chi connectivity index (χ4n) is 1.14. The Labute approximate surface area is 104 Å². The van der Waals surface area contributed by atoms with Gasteiger partial charge in [-0.15, -0.1) is 5.11 Å². The van der Waals surface area contributed by atoms with Crippen LogP contribution in [0.2, 0.25) is 0 Å². The summed E-state index contributed by atoms with van der Waals surface area (Å²) in [6.07, 6.45) is -3.42. The van der Waals surface area contributed by atoms with Crippen molar-refractivity contribution in [1.82, 2.24) is 9.97 Å². The van der Waals surface area contributed by atoms with Gasteiger partial charge in [0.25, 0.3) is 0 Å². The zero-order chi connectivity index (χ0) is 14.0. The number of alkyl halides is 3. The van der Waals surface area contributed by atoms with Gasteiger partial charge in [-0.2, -0.15) is 18.3 Å². The summed E-state index contributed by atoms with van der Waals surface area (Å²) in [6.45, 7) is 1.56. The molecule has 100 valence electrons. The molecule has 0 fully saturated rings. The third kappa shape index (κ3) is 2.89. The second kappa shape index (κ2) is 4.71. The summed E-state index contributed by atoms with van der Waals surface area (Å²) in [5.74, 6) is -0.667. The molecule has 0 aliphatic carbocycles. The van der Waals surface area contributed by atoms with Gasteiger partial charge in [0, 0.05) is 12.4 Å². The summed E-state index contributed by atoms with van der Waals surface area (Å²) in [6, 6.07) is -0.977. The van der Waals surface area contributed by atoms with Crippen LogP contribution in [-0.4, -0.2) is 27.6 Å². The summed E-state index contributed by atoms with van der Waals surface area (Å²) in [5.41, 5.74) is -1.08. The van der Waals surface area contributed by atoms with Gasteiger partial charge in [0.05, 0.1) is 5.56 Å². The molecule has 7 nitrogen and oxygen atoms in total. The van der Waals surface area contributed by atoms with Gasteiger partial charge in [-0.05, 0) is 6.92 Å². The second-order valence-corrected chi connectivity index (χ2v) is 3.52. The highest BCUT2D eigenvalue weighted by Gasteiger charge is 2.31. The molecule has 2 rings (SSSR count). The van der Waals surface area contributed by atoms with E-state index in [0.29, 0.717) is 12.4 Å². The third-order valence-electron chi connectivity index (χ3n) is 2.12. The Balaban J connectivity index is 2.09. The van der Waals surface area contributed by atoms with Crippen molar-refractivity contribution in [3.05, 3.63) is 18.0 Å². The van der Waals surface area contributed by atoms with Crippen molar-refractivity contribution >= 4 is 11.6 Å². The minimum atomic E-state index is -4.53. The lowest BCUT2D eigenvalue weighted by Gasteiger charge is -2.05. The molecule has 10 heteroatoms. The number of amides is 1. The average molecular weight is 273 g/mol. The van der Waals surface area contributed by atoms with Gasteiger partial charge in [-0.3, -0.25) is 4.79 Å². The van der Waals surface area contributed by atoms with E-state index in [0.717, 1.165) is 0 Å². The molecule has 1 atom stereocenters. The fraction of sp³-hybridized carbons (Fsp3) is 0.333. The fourth-order valence-corrected chi connectivity index (χ4v) is 1.14. The Bertz CT molecular complexity index is 552. The predicted molar refractivity (Wildman–Crippen MR) is 54.4 cm³/mol. The first-order valence-corrected chi connectivity index (χ1v) is 4.97. The van der Waals surface area contributed by atoms with Crippen molar-refractivity contribution in [1.29, 1.82) is 0 Å². The smallest absolute Gasteiger partial charge is 0.314 e. The zero-order valence-electron chi connectivity index (χ0n) is 9.42. The molecule has 0 radical (unpaired) electrons. The molecule has 1 aromatic rings. The van der Waals surface area contributed by atoms with Crippen LogP contribution in [0, 0.1) is 0 Å². The molecule has 1 aliphatic rings. The molecular weight excluding hydrogens is 267 g/mol. The van der Waals surface area contributed by atoms with Crippen LogP contribution in [0.25, 0.3) is 0 Å². The largest absolute Gasteiger partial charge is 0.419 e. The molecule has 2 heterocycles. The Morgan fingerprint density at radius 3 is 2.42 bits per heavy atom. The van der Waals surface area contributed by atoms with E-state index >= 15 is 0 Å². The van der Waals surface area contributed by atoms with Crippen molar-refractivity contribution in [3.63, 3.8) is 0 Å². The van der Waals surface area contributed by atoms with E-state index in [-0.39, 0.29) is 5.71 Å². The van der Waals surface area contributed by atoms with E-state index in [4.69, 9.17) is 0 Å². The quantitative estimate of drug-likeness (QED) is 0.765. The molecule has 1 unspecified atom stereocenters. The van der Waals surface area contributed by atoms with Crippen LogP contribution >= 0.6 is 0 Å². The summed E-state index contributed by atoms with van der Waals surface area (Å²) in [4.78, 5) is 22.4. The maximum Gasteiger partial charge on any atom is 0.419 e. The normalized spacial score (nSPS) is 21.2. The van der Waals surface area contributed by atoms with Gasteiger partial charge in [0.15, 0.2) is 5.71 Å². The van der Waals surface area contributed by atoms with Crippen molar-refractivity contribution in [3.8, 4) is 6.01 Å². The minimum absolute atomic E-state index is 0.0662. The molecule has 0 spiro atoms. The monoisotopic (exact) mass is 273 g/mol. The van der Waals surface area contributed by atoms with Gasteiger partial charge in [-0.1, -0.05) is 5.16 Å². The van der Waals surface area contributed by atoms with E-state index < -0.39 is 29.7 Å². The van der Waals surface area contributed by atoms with Crippen LogP contribution in [0.1, 0.15) is 12.5 Å². The number of rotatable bonds is 2.